The molecule has 0 rings (SSSR count). The number of ether oxygens (including phenoxy) is 1. The Morgan fingerprint density at radius 1 is 1.20 bits per heavy atom. The molecule has 0 aliphatic carbocycles. The van der Waals surface area contributed by atoms with Crippen LogP contribution >= 0.6 is 9.24 Å². The molecule has 0 spiro atoms. The summed E-state index contributed by atoms with van der Waals surface area (Å²) in [6.07, 6.45) is 0.662. The highest BCUT2D eigenvalue weighted by atomic mass is 31.0. The van der Waals surface area contributed by atoms with Gasteiger partial charge in [-0.05, 0) is 20.3 Å². The summed E-state index contributed by atoms with van der Waals surface area (Å²) < 4.78 is 60.3. The van der Waals surface area contributed by atoms with Crippen LogP contribution in [0.1, 0.15) is 34.1 Å². The highest BCUT2D eigenvalue weighted by Gasteiger charge is 2.65. The van der Waals surface area contributed by atoms with Gasteiger partial charge in [0.1, 0.15) is 0 Å². The van der Waals surface area contributed by atoms with Gasteiger partial charge in [0.15, 0.2) is 0 Å². The first kappa shape index (κ1) is 19.4. The largest absolute Gasteiger partial charge is 0.463 e. The Hall–Kier alpha value is -0.640. The van der Waals surface area contributed by atoms with Crippen molar-refractivity contribution in [3.05, 3.63) is 12.7 Å². The summed E-state index contributed by atoms with van der Waals surface area (Å²) in [5.41, 5.74) is -7.96. The molecule has 0 aromatic carbocycles. The van der Waals surface area contributed by atoms with E-state index in [4.69, 9.17) is 0 Å². The summed E-state index contributed by atoms with van der Waals surface area (Å²) in [4.78, 5) is 10.9. The molecule has 20 heavy (non-hydrogen) atoms. The zero-order valence-corrected chi connectivity index (χ0v) is 13.3. The molecular formula is C13H21F4O2P. The fourth-order valence-electron chi connectivity index (χ4n) is 1.68. The van der Waals surface area contributed by atoms with Crippen molar-refractivity contribution in [1.82, 2.24) is 0 Å². The van der Waals surface area contributed by atoms with Crippen molar-refractivity contribution < 1.29 is 27.1 Å². The molecule has 0 saturated heterocycles. The predicted octanol–water partition coefficient (Wildman–Crippen LogP) is 4.26. The van der Waals surface area contributed by atoms with E-state index in [2.05, 4.69) is 11.3 Å². The van der Waals surface area contributed by atoms with Gasteiger partial charge in [0.05, 0.1) is 12.0 Å². The van der Waals surface area contributed by atoms with Crippen molar-refractivity contribution in [2.24, 2.45) is 10.8 Å². The summed E-state index contributed by atoms with van der Waals surface area (Å²) in [5.74, 6) is -4.41. The number of carbonyl (C=O) groups excluding carboxylic acids is 1. The molecular weight excluding hydrogens is 295 g/mol. The average Bonchev–Trinajstić information content (AvgIpc) is 2.26. The van der Waals surface area contributed by atoms with Gasteiger partial charge >= 0.3 is 5.97 Å². The molecule has 0 heterocycles. The summed E-state index contributed by atoms with van der Waals surface area (Å²) in [6, 6.07) is 0. The van der Waals surface area contributed by atoms with Gasteiger partial charge in [-0.2, -0.15) is 0 Å². The first-order valence-electron chi connectivity index (χ1n) is 6.04. The molecule has 0 aromatic rings. The van der Waals surface area contributed by atoms with E-state index in [-0.39, 0.29) is 13.0 Å². The van der Waals surface area contributed by atoms with E-state index < -0.39 is 28.4 Å². The molecule has 2 nitrogen and oxygen atoms in total. The third-order valence-corrected chi connectivity index (χ3v) is 4.33. The van der Waals surface area contributed by atoms with Gasteiger partial charge < -0.3 is 4.74 Å². The molecule has 0 aliphatic heterocycles. The maximum Gasteiger partial charge on any atom is 0.330 e. The SMILES string of the molecule is C=CC(=O)OCCC(C)(C)C(F)(F)C(C)(C)C(F)(F)P. The van der Waals surface area contributed by atoms with Crippen LogP contribution in [0, 0.1) is 10.8 Å². The van der Waals surface area contributed by atoms with E-state index in [0.717, 1.165) is 29.2 Å². The average molecular weight is 316 g/mol. The Kier molecular flexibility index (Phi) is 5.81. The molecule has 0 saturated carbocycles. The molecule has 0 aromatic heterocycles. The topological polar surface area (TPSA) is 26.3 Å². The van der Waals surface area contributed by atoms with Crippen molar-refractivity contribution >= 4 is 15.2 Å². The Labute approximate surface area is 119 Å². The molecule has 0 N–H and O–H groups in total. The third-order valence-electron chi connectivity index (χ3n) is 3.61. The van der Waals surface area contributed by atoms with Crippen molar-refractivity contribution in [2.45, 2.75) is 45.7 Å². The first-order valence-corrected chi connectivity index (χ1v) is 6.62. The van der Waals surface area contributed by atoms with Gasteiger partial charge in [0.2, 0.25) is 0 Å². The van der Waals surface area contributed by atoms with E-state index >= 15 is 0 Å². The number of halogens is 4. The van der Waals surface area contributed by atoms with Crippen LogP contribution in [-0.2, 0) is 9.53 Å². The van der Waals surface area contributed by atoms with Crippen molar-refractivity contribution in [1.29, 1.82) is 0 Å². The Balaban J connectivity index is 5.07. The Morgan fingerprint density at radius 3 is 2.00 bits per heavy atom. The van der Waals surface area contributed by atoms with Gasteiger partial charge in [0, 0.05) is 11.5 Å². The van der Waals surface area contributed by atoms with Crippen LogP contribution in [-0.4, -0.2) is 24.2 Å². The second kappa shape index (κ2) is 6.00. The maximum absolute atomic E-state index is 14.4. The lowest BCUT2D eigenvalue weighted by molar-refractivity contribution is -0.241. The normalized spacial score (nSPS) is 14.1. The van der Waals surface area contributed by atoms with Crippen LogP contribution in [0.15, 0.2) is 12.7 Å². The van der Waals surface area contributed by atoms with E-state index in [1.807, 2.05) is 0 Å². The summed E-state index contributed by atoms with van der Waals surface area (Å²) in [7, 11) is 1.16. The fraction of sp³-hybridized carbons (Fsp3) is 0.769. The Bertz CT molecular complexity index is 373. The van der Waals surface area contributed by atoms with Crippen LogP contribution in [0.4, 0.5) is 17.6 Å². The lowest BCUT2D eigenvalue weighted by Crippen LogP contribution is -2.55. The molecule has 0 radical (unpaired) electrons. The van der Waals surface area contributed by atoms with Crippen LogP contribution < -0.4 is 0 Å². The summed E-state index contributed by atoms with van der Waals surface area (Å²) >= 11 is 0. The minimum atomic E-state index is -3.67. The van der Waals surface area contributed by atoms with Crippen molar-refractivity contribution in [3.63, 3.8) is 0 Å². The first-order chi connectivity index (χ1) is 8.70. The number of rotatable bonds is 7. The van der Waals surface area contributed by atoms with Crippen LogP contribution in [0.5, 0.6) is 0 Å². The maximum atomic E-state index is 14.4. The highest BCUT2D eigenvalue weighted by molar-refractivity contribution is 7.18. The molecule has 0 amide bonds. The standard InChI is InChI=1S/C13H21F4O2P/c1-6-9(18)19-8-7-10(2,3)12(14,15)11(4,5)13(16,17)20/h6H,1,7-8,20H2,2-5H3. The van der Waals surface area contributed by atoms with E-state index in [1.54, 1.807) is 0 Å². The number of carbonyl (C=O) groups is 1. The zero-order chi connectivity index (χ0) is 16.4. The van der Waals surface area contributed by atoms with Crippen LogP contribution in [0.3, 0.4) is 0 Å². The van der Waals surface area contributed by atoms with Gasteiger partial charge in [-0.3, -0.25) is 0 Å². The van der Waals surface area contributed by atoms with Crippen molar-refractivity contribution in [3.8, 4) is 0 Å². The number of hydrogen-bond acceptors (Lipinski definition) is 2. The second-order valence-electron chi connectivity index (χ2n) is 5.83. The molecule has 1 atom stereocenters. The number of alkyl halides is 4. The minimum absolute atomic E-state index is 0.246. The van der Waals surface area contributed by atoms with E-state index in [9.17, 15) is 22.4 Å². The lowest BCUT2D eigenvalue weighted by atomic mass is 9.69. The number of hydrogen-bond donors (Lipinski definition) is 0. The van der Waals surface area contributed by atoms with Gasteiger partial charge in [-0.25, -0.2) is 22.4 Å². The van der Waals surface area contributed by atoms with E-state index in [1.165, 1.54) is 13.8 Å². The second-order valence-corrected chi connectivity index (χ2v) is 6.55. The third kappa shape index (κ3) is 3.72. The molecule has 0 bridgehead atoms. The molecule has 0 fully saturated rings. The van der Waals surface area contributed by atoms with Gasteiger partial charge in [-0.1, -0.05) is 29.7 Å². The quantitative estimate of drug-likeness (QED) is 0.304. The predicted molar refractivity (Wildman–Crippen MR) is 72.9 cm³/mol. The van der Waals surface area contributed by atoms with E-state index in [0.29, 0.717) is 0 Å². The molecule has 7 heteroatoms. The lowest BCUT2D eigenvalue weighted by Gasteiger charge is -2.46. The smallest absolute Gasteiger partial charge is 0.330 e. The van der Waals surface area contributed by atoms with Crippen LogP contribution in [0.25, 0.3) is 0 Å². The minimum Gasteiger partial charge on any atom is -0.463 e. The summed E-state index contributed by atoms with van der Waals surface area (Å²) in [5, 5.41) is 0. The van der Waals surface area contributed by atoms with Gasteiger partial charge in [-0.15, -0.1) is 0 Å². The highest BCUT2D eigenvalue weighted by Crippen LogP contribution is 2.58. The molecule has 118 valence electrons. The number of esters is 1. The van der Waals surface area contributed by atoms with Crippen molar-refractivity contribution in [2.75, 3.05) is 6.61 Å². The Morgan fingerprint density at radius 2 is 1.65 bits per heavy atom. The molecule has 0 aliphatic rings. The molecule has 1 unspecified atom stereocenters. The van der Waals surface area contributed by atoms with Gasteiger partial charge in [0.25, 0.3) is 11.6 Å². The zero-order valence-electron chi connectivity index (χ0n) is 12.1. The summed E-state index contributed by atoms with van der Waals surface area (Å²) in [6.45, 7) is 6.87. The van der Waals surface area contributed by atoms with Crippen LogP contribution in [0.2, 0.25) is 0 Å². The monoisotopic (exact) mass is 316 g/mol. The fourth-order valence-corrected chi connectivity index (χ4v) is 1.86.